The standard InChI is InChI=1S/2C10H18O4/c2*1-5-6-8(11)7-9(12)13-14-10(2,3)4/h2*5-7H2,1-4H3. The number of carbonyl (C=O) groups excluding carboxylic acids is 4. The first-order valence-electron chi connectivity index (χ1n) is 9.50. The lowest BCUT2D eigenvalue weighted by molar-refractivity contribution is -0.320. The Morgan fingerprint density at radius 3 is 1.11 bits per heavy atom. The largest absolute Gasteiger partial charge is 0.349 e. The third-order valence-corrected chi connectivity index (χ3v) is 2.51. The van der Waals surface area contributed by atoms with Gasteiger partial charge in [0.1, 0.15) is 35.6 Å². The van der Waals surface area contributed by atoms with Crippen molar-refractivity contribution in [2.45, 2.75) is 105 Å². The fourth-order valence-corrected chi connectivity index (χ4v) is 1.46. The van der Waals surface area contributed by atoms with E-state index >= 15 is 0 Å². The van der Waals surface area contributed by atoms with Crippen molar-refractivity contribution >= 4 is 23.5 Å². The van der Waals surface area contributed by atoms with E-state index in [2.05, 4.69) is 9.78 Å². The molecule has 0 aromatic heterocycles. The molecule has 0 spiro atoms. The molecule has 28 heavy (non-hydrogen) atoms. The van der Waals surface area contributed by atoms with Gasteiger partial charge in [0.15, 0.2) is 0 Å². The first kappa shape index (κ1) is 28.4. The van der Waals surface area contributed by atoms with E-state index in [-0.39, 0.29) is 24.4 Å². The highest BCUT2D eigenvalue weighted by atomic mass is 17.2. The summed E-state index contributed by atoms with van der Waals surface area (Å²) < 4.78 is 0. The van der Waals surface area contributed by atoms with E-state index in [1.54, 1.807) is 41.5 Å². The van der Waals surface area contributed by atoms with Gasteiger partial charge in [0.2, 0.25) is 0 Å². The minimum atomic E-state index is -0.627. The molecule has 0 amide bonds. The molecule has 0 aliphatic carbocycles. The Balaban J connectivity index is 0. The summed E-state index contributed by atoms with van der Waals surface area (Å²) in [5.74, 6) is -1.48. The molecule has 0 aliphatic heterocycles. The maximum absolute atomic E-state index is 11.0. The van der Waals surface area contributed by atoms with Gasteiger partial charge >= 0.3 is 11.9 Å². The second kappa shape index (κ2) is 14.2. The molecule has 0 heterocycles. The van der Waals surface area contributed by atoms with Crippen molar-refractivity contribution in [1.29, 1.82) is 0 Å². The number of Topliss-reactive ketones (excluding diaryl/α,β-unsaturated/α-hetero) is 2. The van der Waals surface area contributed by atoms with Crippen molar-refractivity contribution in [3.8, 4) is 0 Å². The minimum Gasteiger partial charge on any atom is -0.299 e. The summed E-state index contributed by atoms with van der Waals surface area (Å²) in [4.78, 5) is 62.5. The highest BCUT2D eigenvalue weighted by molar-refractivity contribution is 5.95. The lowest BCUT2D eigenvalue weighted by Crippen LogP contribution is -2.22. The van der Waals surface area contributed by atoms with Crippen molar-refractivity contribution in [2.75, 3.05) is 0 Å². The average molecular weight is 405 g/mol. The van der Waals surface area contributed by atoms with E-state index in [9.17, 15) is 19.2 Å². The van der Waals surface area contributed by atoms with Crippen LogP contribution in [0.5, 0.6) is 0 Å². The summed E-state index contributed by atoms with van der Waals surface area (Å²) in [5, 5.41) is 0. The lowest BCUT2D eigenvalue weighted by Gasteiger charge is -2.16. The summed E-state index contributed by atoms with van der Waals surface area (Å²) in [6.07, 6.45) is 1.89. The van der Waals surface area contributed by atoms with Crippen molar-refractivity contribution in [3.05, 3.63) is 0 Å². The zero-order chi connectivity index (χ0) is 22.4. The molecule has 0 radical (unpaired) electrons. The fourth-order valence-electron chi connectivity index (χ4n) is 1.46. The zero-order valence-electron chi connectivity index (χ0n) is 18.5. The van der Waals surface area contributed by atoms with Crippen LogP contribution in [0.2, 0.25) is 0 Å². The topological polar surface area (TPSA) is 105 Å². The van der Waals surface area contributed by atoms with Crippen LogP contribution in [0.4, 0.5) is 0 Å². The maximum atomic E-state index is 11.0. The molecule has 0 saturated heterocycles. The van der Waals surface area contributed by atoms with E-state index in [1.807, 2.05) is 13.8 Å². The molecule has 8 nitrogen and oxygen atoms in total. The molecule has 0 aliphatic rings. The van der Waals surface area contributed by atoms with E-state index in [4.69, 9.17) is 9.78 Å². The Morgan fingerprint density at radius 1 is 0.607 bits per heavy atom. The highest BCUT2D eigenvalue weighted by Gasteiger charge is 2.18. The van der Waals surface area contributed by atoms with Gasteiger partial charge in [-0.15, -0.1) is 0 Å². The average Bonchev–Trinajstić information content (AvgIpc) is 2.51. The molecule has 0 unspecified atom stereocenters. The first-order chi connectivity index (χ1) is 12.7. The van der Waals surface area contributed by atoms with Crippen LogP contribution >= 0.6 is 0 Å². The van der Waals surface area contributed by atoms with Gasteiger partial charge in [-0.2, -0.15) is 9.78 Å². The quantitative estimate of drug-likeness (QED) is 0.305. The molecule has 0 aromatic carbocycles. The number of ketones is 2. The Kier molecular flexibility index (Phi) is 14.4. The molecular formula is C20H36O8. The van der Waals surface area contributed by atoms with Gasteiger partial charge in [-0.3, -0.25) is 19.4 Å². The molecule has 0 fully saturated rings. The normalized spacial score (nSPS) is 11.1. The van der Waals surface area contributed by atoms with Gasteiger partial charge in [-0.05, 0) is 54.4 Å². The second-order valence-corrected chi connectivity index (χ2v) is 8.23. The Bertz CT molecular complexity index is 451. The van der Waals surface area contributed by atoms with Crippen LogP contribution in [-0.2, 0) is 38.7 Å². The second-order valence-electron chi connectivity index (χ2n) is 8.23. The Hall–Kier alpha value is -1.80. The van der Waals surface area contributed by atoms with Crippen LogP contribution in [0.15, 0.2) is 0 Å². The van der Waals surface area contributed by atoms with Crippen molar-refractivity contribution in [2.24, 2.45) is 0 Å². The van der Waals surface area contributed by atoms with Crippen molar-refractivity contribution in [3.63, 3.8) is 0 Å². The minimum absolute atomic E-state index is 0.116. The summed E-state index contributed by atoms with van der Waals surface area (Å²) in [7, 11) is 0. The highest BCUT2D eigenvalue weighted by Crippen LogP contribution is 2.09. The maximum Gasteiger partial charge on any atom is 0.349 e. The summed E-state index contributed by atoms with van der Waals surface area (Å²) in [6, 6.07) is 0. The lowest BCUT2D eigenvalue weighted by atomic mass is 10.2. The molecule has 0 bridgehead atoms. The third-order valence-electron chi connectivity index (χ3n) is 2.51. The van der Waals surface area contributed by atoms with E-state index < -0.39 is 23.1 Å². The molecule has 8 heteroatoms. The third kappa shape index (κ3) is 22.2. The van der Waals surface area contributed by atoms with Gasteiger partial charge < -0.3 is 0 Å². The SMILES string of the molecule is CCCC(=O)CC(=O)OOC(C)(C)C.CCCC(=O)CC(=O)OOC(C)(C)C. The van der Waals surface area contributed by atoms with Crippen LogP contribution in [0, 0.1) is 0 Å². The van der Waals surface area contributed by atoms with Gasteiger partial charge in [-0.25, -0.2) is 9.59 Å². The van der Waals surface area contributed by atoms with Gasteiger partial charge in [0, 0.05) is 12.8 Å². The predicted molar refractivity (Wildman–Crippen MR) is 103 cm³/mol. The van der Waals surface area contributed by atoms with Gasteiger partial charge in [0.25, 0.3) is 0 Å². The molecular weight excluding hydrogens is 368 g/mol. The molecule has 0 atom stereocenters. The van der Waals surface area contributed by atoms with Crippen LogP contribution in [0.25, 0.3) is 0 Å². The monoisotopic (exact) mass is 404 g/mol. The van der Waals surface area contributed by atoms with Gasteiger partial charge in [-0.1, -0.05) is 13.8 Å². The number of hydrogen-bond acceptors (Lipinski definition) is 8. The van der Waals surface area contributed by atoms with Crippen molar-refractivity contribution in [1.82, 2.24) is 0 Å². The molecule has 0 aromatic rings. The number of hydrogen-bond donors (Lipinski definition) is 0. The predicted octanol–water partition coefficient (Wildman–Crippen LogP) is 4.04. The molecule has 0 N–H and O–H groups in total. The number of carbonyl (C=O) groups is 4. The Labute approximate surface area is 168 Å². The summed E-state index contributed by atoms with van der Waals surface area (Å²) in [5.41, 5.74) is -1.08. The fraction of sp³-hybridized carbons (Fsp3) is 0.800. The van der Waals surface area contributed by atoms with E-state index in [0.717, 1.165) is 12.8 Å². The first-order valence-corrected chi connectivity index (χ1v) is 9.50. The van der Waals surface area contributed by atoms with Crippen LogP contribution < -0.4 is 0 Å². The molecule has 0 rings (SSSR count). The summed E-state index contributed by atoms with van der Waals surface area (Å²) in [6.45, 7) is 14.3. The van der Waals surface area contributed by atoms with E-state index in [0.29, 0.717) is 12.8 Å². The van der Waals surface area contributed by atoms with Crippen LogP contribution in [0.1, 0.15) is 93.9 Å². The summed E-state index contributed by atoms with van der Waals surface area (Å²) >= 11 is 0. The zero-order valence-corrected chi connectivity index (χ0v) is 18.5. The smallest absolute Gasteiger partial charge is 0.299 e. The van der Waals surface area contributed by atoms with Crippen LogP contribution in [0.3, 0.4) is 0 Å². The van der Waals surface area contributed by atoms with Crippen LogP contribution in [-0.4, -0.2) is 34.7 Å². The Morgan fingerprint density at radius 2 is 0.893 bits per heavy atom. The molecule has 0 saturated carbocycles. The van der Waals surface area contributed by atoms with E-state index in [1.165, 1.54) is 0 Å². The van der Waals surface area contributed by atoms with Crippen molar-refractivity contribution < 1.29 is 38.7 Å². The van der Waals surface area contributed by atoms with Gasteiger partial charge in [0.05, 0.1) is 0 Å². The molecule has 164 valence electrons. The number of rotatable bonds is 10.